The normalized spacial score (nSPS) is 34.5. The average molecular weight is 312 g/mol. The minimum Gasteiger partial charge on any atom is -0.389 e. The molecule has 130 valence electrons. The second-order valence-corrected chi connectivity index (χ2v) is 8.39. The molecule has 0 aromatic carbocycles. The maximum atomic E-state index is 10.4. The van der Waals surface area contributed by atoms with Crippen LogP contribution in [0.4, 0.5) is 0 Å². The first-order valence-electron chi connectivity index (χ1n) is 9.37. The van der Waals surface area contributed by atoms with E-state index >= 15 is 0 Å². The number of hydrogen-bond donors (Lipinski definition) is 1. The smallest absolute Gasteiger partial charge is 0.0900 e. The highest BCUT2D eigenvalue weighted by atomic mass is 16.5. The number of hydrogen-bond acceptors (Lipinski definition) is 3. The van der Waals surface area contributed by atoms with E-state index in [1.165, 1.54) is 19.3 Å². The van der Waals surface area contributed by atoms with Gasteiger partial charge in [-0.15, -0.1) is 0 Å². The first kappa shape index (κ1) is 18.2. The molecule has 0 aliphatic heterocycles. The van der Waals surface area contributed by atoms with Crippen molar-refractivity contribution in [2.45, 2.75) is 78.9 Å². The van der Waals surface area contributed by atoms with Gasteiger partial charge < -0.3 is 14.7 Å². The van der Waals surface area contributed by atoms with Crippen LogP contribution in [0.3, 0.4) is 0 Å². The number of ether oxygens (including phenoxy) is 1. The molecule has 0 aromatic rings. The lowest BCUT2D eigenvalue weighted by molar-refractivity contribution is -0.0793. The first-order valence-corrected chi connectivity index (χ1v) is 9.37. The predicted molar refractivity (Wildman–Crippen MR) is 92.0 cm³/mol. The van der Waals surface area contributed by atoms with Crippen molar-refractivity contribution in [3.63, 3.8) is 0 Å². The zero-order valence-electron chi connectivity index (χ0n) is 15.4. The van der Waals surface area contributed by atoms with Gasteiger partial charge >= 0.3 is 0 Å². The van der Waals surface area contributed by atoms with Gasteiger partial charge in [-0.1, -0.05) is 34.6 Å². The molecule has 4 atom stereocenters. The van der Waals surface area contributed by atoms with Crippen LogP contribution in [0.2, 0.25) is 0 Å². The lowest BCUT2D eigenvalue weighted by Crippen LogP contribution is -2.41. The van der Waals surface area contributed by atoms with Gasteiger partial charge in [0.2, 0.25) is 0 Å². The van der Waals surface area contributed by atoms with E-state index in [1.54, 1.807) is 0 Å². The molecule has 2 aliphatic carbocycles. The molecular weight excluding hydrogens is 274 g/mol. The first-order chi connectivity index (χ1) is 10.3. The summed E-state index contributed by atoms with van der Waals surface area (Å²) in [6.45, 7) is 15.0. The van der Waals surface area contributed by atoms with Gasteiger partial charge in [-0.3, -0.25) is 0 Å². The van der Waals surface area contributed by atoms with E-state index in [-0.39, 0.29) is 6.10 Å². The van der Waals surface area contributed by atoms with E-state index in [0.717, 1.165) is 38.4 Å². The maximum Gasteiger partial charge on any atom is 0.0900 e. The third kappa shape index (κ3) is 3.37. The van der Waals surface area contributed by atoms with Crippen LogP contribution in [0, 0.1) is 16.7 Å². The summed E-state index contributed by atoms with van der Waals surface area (Å²) >= 11 is 0. The van der Waals surface area contributed by atoms with Gasteiger partial charge in [-0.25, -0.2) is 0 Å². The van der Waals surface area contributed by atoms with Gasteiger partial charge in [-0.2, -0.15) is 0 Å². The van der Waals surface area contributed by atoms with E-state index in [9.17, 15) is 5.11 Å². The zero-order valence-corrected chi connectivity index (χ0v) is 15.4. The van der Waals surface area contributed by atoms with Crippen molar-refractivity contribution < 1.29 is 9.84 Å². The van der Waals surface area contributed by atoms with Crippen molar-refractivity contribution in [3.8, 4) is 0 Å². The van der Waals surface area contributed by atoms with Crippen molar-refractivity contribution in [2.24, 2.45) is 16.7 Å². The molecule has 2 bridgehead atoms. The highest BCUT2D eigenvalue weighted by Gasteiger charge is 2.61. The molecule has 1 N–H and O–H groups in total. The molecule has 2 fully saturated rings. The zero-order chi connectivity index (χ0) is 16.4. The summed E-state index contributed by atoms with van der Waals surface area (Å²) in [5.74, 6) is 0.802. The Kier molecular flexibility index (Phi) is 5.95. The molecule has 0 radical (unpaired) electrons. The summed E-state index contributed by atoms with van der Waals surface area (Å²) in [4.78, 5) is 2.36. The van der Waals surface area contributed by atoms with Crippen LogP contribution in [0.1, 0.15) is 66.7 Å². The molecule has 0 heterocycles. The summed E-state index contributed by atoms with van der Waals surface area (Å²) in [5.41, 5.74) is 0.684. The van der Waals surface area contributed by atoms with Crippen LogP contribution in [-0.2, 0) is 4.74 Å². The Labute approximate surface area is 137 Å². The predicted octanol–water partition coefficient (Wildman–Crippen LogP) is 3.70. The minimum atomic E-state index is -0.357. The Morgan fingerprint density at radius 2 is 1.82 bits per heavy atom. The molecule has 3 heteroatoms. The topological polar surface area (TPSA) is 32.7 Å². The molecule has 3 nitrogen and oxygen atoms in total. The van der Waals surface area contributed by atoms with Crippen LogP contribution < -0.4 is 0 Å². The van der Waals surface area contributed by atoms with Crippen molar-refractivity contribution in [3.05, 3.63) is 0 Å². The molecule has 0 spiro atoms. The second-order valence-electron chi connectivity index (χ2n) is 8.39. The maximum absolute atomic E-state index is 10.4. The molecule has 2 aliphatic rings. The van der Waals surface area contributed by atoms with Gasteiger partial charge in [0.25, 0.3) is 0 Å². The van der Waals surface area contributed by atoms with Crippen LogP contribution in [-0.4, -0.2) is 48.5 Å². The SMILES string of the molecule is CCCN(CCC)C[C@@H](O)CO[C@H]1C[C@H]2CC[C@@]1(C)C2(C)C. The lowest BCUT2D eigenvalue weighted by Gasteiger charge is -2.39. The van der Waals surface area contributed by atoms with Crippen molar-refractivity contribution in [2.75, 3.05) is 26.2 Å². The van der Waals surface area contributed by atoms with E-state index < -0.39 is 0 Å². The molecule has 0 unspecified atom stereocenters. The fourth-order valence-corrected chi connectivity index (χ4v) is 4.89. The van der Waals surface area contributed by atoms with Crippen molar-refractivity contribution in [1.29, 1.82) is 0 Å². The summed E-state index contributed by atoms with van der Waals surface area (Å²) in [5, 5.41) is 10.4. The number of rotatable bonds is 9. The Hall–Kier alpha value is -0.120. The fourth-order valence-electron chi connectivity index (χ4n) is 4.89. The molecular formula is C19H37NO2. The summed E-state index contributed by atoms with van der Waals surface area (Å²) < 4.78 is 6.22. The standard InChI is InChI=1S/C19H37NO2/c1-6-10-20(11-7-2)13-16(21)14-22-17-12-15-8-9-19(17,5)18(15,3)4/h15-17,21H,6-14H2,1-5H3/t15-,16-,17+,19-/m1/s1. The van der Waals surface area contributed by atoms with Crippen molar-refractivity contribution >= 4 is 0 Å². The van der Waals surface area contributed by atoms with E-state index in [2.05, 4.69) is 39.5 Å². The van der Waals surface area contributed by atoms with Gasteiger partial charge in [0.15, 0.2) is 0 Å². The Morgan fingerprint density at radius 1 is 1.18 bits per heavy atom. The number of aliphatic hydroxyl groups is 1. The van der Waals surface area contributed by atoms with Gasteiger partial charge in [0.05, 0.1) is 18.8 Å². The van der Waals surface area contributed by atoms with Crippen LogP contribution >= 0.6 is 0 Å². The Bertz CT molecular complexity index is 351. The third-order valence-corrected chi connectivity index (χ3v) is 6.75. The van der Waals surface area contributed by atoms with E-state index in [1.807, 2.05) is 0 Å². The Balaban J connectivity index is 1.81. The van der Waals surface area contributed by atoms with Gasteiger partial charge in [0, 0.05) is 6.54 Å². The van der Waals surface area contributed by atoms with E-state index in [4.69, 9.17) is 4.74 Å². The Morgan fingerprint density at radius 3 is 2.27 bits per heavy atom. The second kappa shape index (κ2) is 7.19. The monoisotopic (exact) mass is 311 g/mol. The number of fused-ring (bicyclic) bond motifs is 2. The summed E-state index contributed by atoms with van der Waals surface area (Å²) in [7, 11) is 0. The average Bonchev–Trinajstić information content (AvgIpc) is 2.78. The highest BCUT2D eigenvalue weighted by Crippen LogP contribution is 2.66. The summed E-state index contributed by atoms with van der Waals surface area (Å²) in [6, 6.07) is 0. The lowest BCUT2D eigenvalue weighted by atomic mass is 9.70. The van der Waals surface area contributed by atoms with E-state index in [0.29, 0.717) is 23.5 Å². The molecule has 0 amide bonds. The molecule has 2 saturated carbocycles. The highest BCUT2D eigenvalue weighted by molar-refractivity contribution is 5.11. The van der Waals surface area contributed by atoms with Crippen LogP contribution in [0.5, 0.6) is 0 Å². The molecule has 0 aromatic heterocycles. The number of aliphatic hydroxyl groups excluding tert-OH is 1. The van der Waals surface area contributed by atoms with Gasteiger partial charge in [0.1, 0.15) is 0 Å². The molecule has 0 saturated heterocycles. The van der Waals surface area contributed by atoms with Crippen LogP contribution in [0.15, 0.2) is 0 Å². The minimum absolute atomic E-state index is 0.296. The molecule has 22 heavy (non-hydrogen) atoms. The van der Waals surface area contributed by atoms with Gasteiger partial charge in [-0.05, 0) is 61.9 Å². The van der Waals surface area contributed by atoms with Crippen LogP contribution in [0.25, 0.3) is 0 Å². The number of nitrogens with zero attached hydrogens (tertiary/aromatic N) is 1. The van der Waals surface area contributed by atoms with Crippen molar-refractivity contribution in [1.82, 2.24) is 4.90 Å². The quantitative estimate of drug-likeness (QED) is 0.705. The largest absolute Gasteiger partial charge is 0.389 e. The molecule has 2 rings (SSSR count). The fraction of sp³-hybridized carbons (Fsp3) is 1.00. The third-order valence-electron chi connectivity index (χ3n) is 6.75. The summed E-state index contributed by atoms with van der Waals surface area (Å²) in [6.07, 6.45) is 6.08.